The van der Waals surface area contributed by atoms with E-state index in [2.05, 4.69) is 21.9 Å². The summed E-state index contributed by atoms with van der Waals surface area (Å²) in [5, 5.41) is 0. The Balaban J connectivity index is 1.49. The number of carbonyl (C=O) groups is 1. The lowest BCUT2D eigenvalue weighted by Crippen LogP contribution is -2.52. The van der Waals surface area contributed by atoms with E-state index in [0.29, 0.717) is 18.9 Å². The van der Waals surface area contributed by atoms with Crippen molar-refractivity contribution in [2.24, 2.45) is 0 Å². The fraction of sp³-hybridized carbons (Fsp3) is 0.444. The Morgan fingerprint density at radius 1 is 1.16 bits per heavy atom. The molecule has 132 valence electrons. The molecule has 1 aromatic carbocycles. The molecule has 2 aliphatic heterocycles. The fourth-order valence-electron chi connectivity index (χ4n) is 3.43. The number of nitrogens with one attached hydrogen (secondary N) is 1. The molecule has 4 rings (SSSR count). The predicted molar refractivity (Wildman–Crippen MR) is 92.6 cm³/mol. The Labute approximate surface area is 146 Å². The number of carbonyl (C=O) groups excluding carboxylic acids is 1. The molecular formula is C18H22FN5O. The van der Waals surface area contributed by atoms with Crippen molar-refractivity contribution in [1.82, 2.24) is 24.7 Å². The van der Waals surface area contributed by atoms with Crippen LogP contribution in [0.25, 0.3) is 11.4 Å². The molecular weight excluding hydrogens is 321 g/mol. The van der Waals surface area contributed by atoms with Crippen molar-refractivity contribution in [2.45, 2.75) is 13.0 Å². The van der Waals surface area contributed by atoms with E-state index in [9.17, 15) is 9.18 Å². The molecule has 2 aromatic rings. The monoisotopic (exact) mass is 343 g/mol. The highest BCUT2D eigenvalue weighted by Gasteiger charge is 2.28. The van der Waals surface area contributed by atoms with Crippen molar-refractivity contribution in [3.8, 4) is 11.4 Å². The summed E-state index contributed by atoms with van der Waals surface area (Å²) in [4.78, 5) is 26.6. The lowest BCUT2D eigenvalue weighted by atomic mass is 10.1. The first kappa shape index (κ1) is 16.1. The highest BCUT2D eigenvalue weighted by atomic mass is 19.1. The van der Waals surface area contributed by atoms with Gasteiger partial charge in [0.15, 0.2) is 0 Å². The van der Waals surface area contributed by atoms with Gasteiger partial charge >= 0.3 is 6.03 Å². The number of hydrogen-bond donors (Lipinski definition) is 1. The van der Waals surface area contributed by atoms with Crippen LogP contribution in [0, 0.1) is 5.82 Å². The highest BCUT2D eigenvalue weighted by Crippen LogP contribution is 2.24. The van der Waals surface area contributed by atoms with Gasteiger partial charge in [-0.15, -0.1) is 0 Å². The zero-order valence-corrected chi connectivity index (χ0v) is 14.3. The number of aromatic nitrogens is 2. The number of amides is 2. The molecule has 2 aliphatic rings. The van der Waals surface area contributed by atoms with E-state index < -0.39 is 0 Å². The number of urea groups is 1. The summed E-state index contributed by atoms with van der Waals surface area (Å²) in [6.45, 7) is 4.58. The number of nitrogens with zero attached hydrogens (tertiary/aromatic N) is 4. The van der Waals surface area contributed by atoms with Crippen LogP contribution in [0.3, 0.4) is 0 Å². The lowest BCUT2D eigenvalue weighted by molar-refractivity contribution is 0.118. The maximum atomic E-state index is 13.4. The second-order valence-corrected chi connectivity index (χ2v) is 6.77. The van der Waals surface area contributed by atoms with Crippen LogP contribution in [-0.4, -0.2) is 70.5 Å². The van der Waals surface area contributed by atoms with Crippen LogP contribution < -0.4 is 0 Å². The molecule has 7 heteroatoms. The van der Waals surface area contributed by atoms with Crippen LogP contribution in [0.1, 0.15) is 11.4 Å². The number of likely N-dealkylation sites (N-methyl/N-ethyl adjacent to an activating group) is 1. The molecule has 0 unspecified atom stereocenters. The van der Waals surface area contributed by atoms with Crippen LogP contribution >= 0.6 is 0 Å². The molecule has 0 aliphatic carbocycles. The molecule has 1 fully saturated rings. The Bertz CT molecular complexity index is 782. The number of H-pyrrole nitrogens is 1. The number of fused-ring (bicyclic) bond motifs is 1. The minimum Gasteiger partial charge on any atom is -0.340 e. The van der Waals surface area contributed by atoms with Gasteiger partial charge in [-0.25, -0.2) is 14.2 Å². The topological polar surface area (TPSA) is 55.5 Å². The maximum Gasteiger partial charge on any atom is 0.320 e. The molecule has 1 aromatic heterocycles. The molecule has 25 heavy (non-hydrogen) atoms. The van der Waals surface area contributed by atoms with Crippen LogP contribution in [0.2, 0.25) is 0 Å². The summed E-state index contributed by atoms with van der Waals surface area (Å²) in [5.74, 6) is 0.386. The molecule has 0 saturated carbocycles. The Morgan fingerprint density at radius 2 is 1.96 bits per heavy atom. The first-order valence-electron chi connectivity index (χ1n) is 8.66. The summed E-state index contributed by atoms with van der Waals surface area (Å²) in [7, 11) is 2.08. The van der Waals surface area contributed by atoms with Crippen LogP contribution in [-0.2, 0) is 13.0 Å². The van der Waals surface area contributed by atoms with E-state index in [1.807, 2.05) is 15.9 Å². The van der Waals surface area contributed by atoms with Gasteiger partial charge in [-0.1, -0.05) is 12.1 Å². The van der Waals surface area contributed by atoms with Gasteiger partial charge in [0.1, 0.15) is 11.6 Å². The third kappa shape index (κ3) is 3.24. The zero-order chi connectivity index (χ0) is 17.4. The number of piperazine rings is 1. The molecule has 1 N–H and O–H groups in total. The maximum absolute atomic E-state index is 13.4. The van der Waals surface area contributed by atoms with Crippen molar-refractivity contribution in [1.29, 1.82) is 0 Å². The van der Waals surface area contributed by atoms with Gasteiger partial charge in [-0.3, -0.25) is 0 Å². The summed E-state index contributed by atoms with van der Waals surface area (Å²) in [6.07, 6.45) is 0.723. The van der Waals surface area contributed by atoms with Crippen LogP contribution in [0.15, 0.2) is 24.3 Å². The molecule has 0 atom stereocenters. The van der Waals surface area contributed by atoms with Crippen LogP contribution in [0.5, 0.6) is 0 Å². The van der Waals surface area contributed by atoms with E-state index in [1.165, 1.54) is 12.1 Å². The van der Waals surface area contributed by atoms with Gasteiger partial charge in [-0.05, 0) is 19.2 Å². The van der Waals surface area contributed by atoms with Gasteiger partial charge in [0.05, 0.1) is 17.9 Å². The number of imidazole rings is 1. The molecule has 1 saturated heterocycles. The van der Waals surface area contributed by atoms with Gasteiger partial charge < -0.3 is 19.7 Å². The molecule has 6 nitrogen and oxygen atoms in total. The lowest BCUT2D eigenvalue weighted by Gasteiger charge is -2.37. The third-order valence-electron chi connectivity index (χ3n) is 4.97. The Hall–Kier alpha value is -2.41. The quantitative estimate of drug-likeness (QED) is 0.861. The fourth-order valence-corrected chi connectivity index (χ4v) is 3.43. The number of aromatic amines is 1. The number of hydrogen-bond acceptors (Lipinski definition) is 3. The second kappa shape index (κ2) is 6.48. The SMILES string of the molecule is CN1CCN(C(=O)N2CCc3nc(-c4cccc(F)c4)[nH]c3C2)CC1. The van der Waals surface area contributed by atoms with Crippen molar-refractivity contribution in [2.75, 3.05) is 39.8 Å². The number of rotatable bonds is 1. The molecule has 0 radical (unpaired) electrons. The first-order valence-corrected chi connectivity index (χ1v) is 8.66. The van der Waals surface area contributed by atoms with Crippen molar-refractivity contribution in [3.05, 3.63) is 41.5 Å². The molecule has 0 bridgehead atoms. The van der Waals surface area contributed by atoms with E-state index in [4.69, 9.17) is 0 Å². The first-order chi connectivity index (χ1) is 12.1. The third-order valence-corrected chi connectivity index (χ3v) is 4.97. The summed E-state index contributed by atoms with van der Waals surface area (Å²) >= 11 is 0. The molecule has 2 amide bonds. The van der Waals surface area contributed by atoms with E-state index >= 15 is 0 Å². The normalized spacial score (nSPS) is 18.3. The van der Waals surface area contributed by atoms with Gasteiger partial charge in [0.2, 0.25) is 0 Å². The molecule has 3 heterocycles. The smallest absolute Gasteiger partial charge is 0.320 e. The van der Waals surface area contributed by atoms with Gasteiger partial charge in [0.25, 0.3) is 0 Å². The Kier molecular flexibility index (Phi) is 4.17. The second-order valence-electron chi connectivity index (χ2n) is 6.77. The standard InChI is InChI=1S/C18H22FN5O/c1-22-7-9-23(10-8-22)18(25)24-6-5-15-16(12-24)21-17(20-15)13-3-2-4-14(19)11-13/h2-4,11H,5-10,12H2,1H3,(H,20,21). The predicted octanol–water partition coefficient (Wildman–Crippen LogP) is 1.94. The average molecular weight is 343 g/mol. The summed E-state index contributed by atoms with van der Waals surface area (Å²) in [6, 6.07) is 6.50. The van der Waals surface area contributed by atoms with Gasteiger partial charge in [0, 0.05) is 44.7 Å². The van der Waals surface area contributed by atoms with Crippen molar-refractivity contribution < 1.29 is 9.18 Å². The van der Waals surface area contributed by atoms with Gasteiger partial charge in [-0.2, -0.15) is 0 Å². The average Bonchev–Trinajstić information content (AvgIpc) is 3.05. The van der Waals surface area contributed by atoms with E-state index in [0.717, 1.165) is 49.6 Å². The summed E-state index contributed by atoms with van der Waals surface area (Å²) in [5.41, 5.74) is 2.65. The Morgan fingerprint density at radius 3 is 2.72 bits per heavy atom. The van der Waals surface area contributed by atoms with Crippen LogP contribution in [0.4, 0.5) is 9.18 Å². The van der Waals surface area contributed by atoms with E-state index in [-0.39, 0.29) is 11.8 Å². The van der Waals surface area contributed by atoms with Crippen molar-refractivity contribution >= 4 is 6.03 Å². The summed E-state index contributed by atoms with van der Waals surface area (Å²) < 4.78 is 13.4. The number of benzene rings is 1. The van der Waals surface area contributed by atoms with Crippen molar-refractivity contribution in [3.63, 3.8) is 0 Å². The number of halogens is 1. The highest BCUT2D eigenvalue weighted by molar-refractivity contribution is 5.75. The molecule has 0 spiro atoms. The van der Waals surface area contributed by atoms with E-state index in [1.54, 1.807) is 6.07 Å². The zero-order valence-electron chi connectivity index (χ0n) is 14.3. The largest absolute Gasteiger partial charge is 0.340 e. The minimum absolute atomic E-state index is 0.0978. The minimum atomic E-state index is -0.279.